The number of fused-ring (bicyclic) bond motifs is 1. The summed E-state index contributed by atoms with van der Waals surface area (Å²) >= 11 is 6.25. The molecule has 7 nitrogen and oxygen atoms in total. The topological polar surface area (TPSA) is 70.7 Å². The van der Waals surface area contributed by atoms with Gasteiger partial charge in [0.05, 0.1) is 18.4 Å². The fourth-order valence-electron chi connectivity index (χ4n) is 4.01. The number of hydrogen-bond acceptors (Lipinski definition) is 6. The van der Waals surface area contributed by atoms with Gasteiger partial charge in [-0.15, -0.1) is 0 Å². The second-order valence-electron chi connectivity index (χ2n) is 8.57. The number of anilines is 1. The van der Waals surface area contributed by atoms with Crippen LogP contribution in [0.4, 0.5) is 5.69 Å². The van der Waals surface area contributed by atoms with Crippen molar-refractivity contribution in [2.45, 2.75) is 32.8 Å². The summed E-state index contributed by atoms with van der Waals surface area (Å²) in [4.78, 5) is 23.4. The van der Waals surface area contributed by atoms with Crippen molar-refractivity contribution in [3.8, 4) is 11.6 Å². The SMILES string of the molecule is CC(C)Oc1ccc(Cl)cc1N1CCN(CCCCOc2ccc3ccc(=O)[nH]c3n2)CC1. The van der Waals surface area contributed by atoms with E-state index in [9.17, 15) is 4.79 Å². The fraction of sp³-hybridized carbons (Fsp3) is 0.440. The van der Waals surface area contributed by atoms with Gasteiger partial charge in [0.1, 0.15) is 11.4 Å². The maximum Gasteiger partial charge on any atom is 0.249 e. The summed E-state index contributed by atoms with van der Waals surface area (Å²) in [5.41, 5.74) is 1.47. The van der Waals surface area contributed by atoms with Gasteiger partial charge in [0.25, 0.3) is 0 Å². The monoisotopic (exact) mass is 470 g/mol. The number of rotatable bonds is 9. The first kappa shape index (κ1) is 23.4. The highest BCUT2D eigenvalue weighted by Crippen LogP contribution is 2.33. The third-order valence-electron chi connectivity index (χ3n) is 5.67. The average molecular weight is 471 g/mol. The number of unbranched alkanes of at least 4 members (excludes halogenated alkanes) is 1. The summed E-state index contributed by atoms with van der Waals surface area (Å²) in [5.74, 6) is 1.44. The van der Waals surface area contributed by atoms with Gasteiger partial charge < -0.3 is 19.4 Å². The molecule has 1 N–H and O–H groups in total. The molecule has 1 aliphatic rings. The van der Waals surface area contributed by atoms with Crippen molar-refractivity contribution in [1.29, 1.82) is 0 Å². The summed E-state index contributed by atoms with van der Waals surface area (Å²) in [6.07, 6.45) is 2.13. The summed E-state index contributed by atoms with van der Waals surface area (Å²) < 4.78 is 11.8. The fourth-order valence-corrected chi connectivity index (χ4v) is 4.18. The molecule has 3 heterocycles. The van der Waals surface area contributed by atoms with Crippen molar-refractivity contribution in [3.63, 3.8) is 0 Å². The normalized spacial score (nSPS) is 14.7. The highest BCUT2D eigenvalue weighted by Gasteiger charge is 2.20. The van der Waals surface area contributed by atoms with Crippen LogP contribution in [0.15, 0.2) is 47.3 Å². The lowest BCUT2D eigenvalue weighted by atomic mass is 10.2. The van der Waals surface area contributed by atoms with Crippen molar-refractivity contribution in [1.82, 2.24) is 14.9 Å². The molecule has 0 aliphatic carbocycles. The number of piperazine rings is 1. The van der Waals surface area contributed by atoms with E-state index in [-0.39, 0.29) is 11.7 Å². The zero-order valence-electron chi connectivity index (χ0n) is 19.2. The Morgan fingerprint density at radius 3 is 2.64 bits per heavy atom. The molecule has 176 valence electrons. The number of hydrogen-bond donors (Lipinski definition) is 1. The van der Waals surface area contributed by atoms with E-state index in [1.165, 1.54) is 6.07 Å². The molecule has 4 rings (SSSR count). The van der Waals surface area contributed by atoms with Crippen molar-refractivity contribution in [2.75, 3.05) is 44.2 Å². The third-order valence-corrected chi connectivity index (χ3v) is 5.91. The van der Waals surface area contributed by atoms with Crippen LogP contribution in [0.3, 0.4) is 0 Å². The van der Waals surface area contributed by atoms with Crippen LogP contribution in [0, 0.1) is 0 Å². The Kier molecular flexibility index (Phi) is 7.73. The molecule has 1 fully saturated rings. The lowest BCUT2D eigenvalue weighted by molar-refractivity contribution is 0.230. The van der Waals surface area contributed by atoms with Gasteiger partial charge in [0.15, 0.2) is 0 Å². The Bertz CT molecular complexity index is 1130. The lowest BCUT2D eigenvalue weighted by Gasteiger charge is -2.37. The molecule has 8 heteroatoms. The Hall–Kier alpha value is -2.77. The summed E-state index contributed by atoms with van der Waals surface area (Å²) in [6.45, 7) is 9.64. The number of benzene rings is 1. The molecule has 0 amide bonds. The standard InChI is InChI=1S/C25H31ClN4O3/c1-18(2)33-22-8-7-20(26)17-21(22)30-14-12-29(13-15-30)11-3-4-16-32-24-10-6-19-5-9-23(31)27-25(19)28-24/h5-10,17-18H,3-4,11-16H2,1-2H3,(H,27,28,31). The van der Waals surface area contributed by atoms with Crippen LogP contribution < -0.4 is 19.9 Å². The molecule has 2 aromatic heterocycles. The van der Waals surface area contributed by atoms with Gasteiger partial charge in [0.2, 0.25) is 11.4 Å². The van der Waals surface area contributed by atoms with E-state index in [1.54, 1.807) is 6.07 Å². The highest BCUT2D eigenvalue weighted by molar-refractivity contribution is 6.30. The predicted octanol–water partition coefficient (Wildman–Crippen LogP) is 4.34. The minimum atomic E-state index is -0.161. The van der Waals surface area contributed by atoms with Crippen molar-refractivity contribution in [3.05, 3.63) is 57.8 Å². The van der Waals surface area contributed by atoms with Crippen LogP contribution >= 0.6 is 11.6 Å². The molecule has 0 spiro atoms. The van der Waals surface area contributed by atoms with Crippen molar-refractivity contribution < 1.29 is 9.47 Å². The number of aromatic nitrogens is 2. The molecule has 0 atom stereocenters. The quantitative estimate of drug-likeness (QED) is 0.469. The van der Waals surface area contributed by atoms with E-state index < -0.39 is 0 Å². The Labute approximate surface area is 199 Å². The third kappa shape index (κ3) is 6.39. The molecule has 0 saturated carbocycles. The maximum atomic E-state index is 11.5. The van der Waals surface area contributed by atoms with Crippen LogP contribution in [0.5, 0.6) is 11.6 Å². The summed E-state index contributed by atoms with van der Waals surface area (Å²) in [5, 5.41) is 1.62. The number of ether oxygens (including phenoxy) is 2. The van der Waals surface area contributed by atoms with Gasteiger partial charge in [-0.25, -0.2) is 0 Å². The molecule has 1 aromatic carbocycles. The summed E-state index contributed by atoms with van der Waals surface area (Å²) in [6, 6.07) is 12.9. The lowest BCUT2D eigenvalue weighted by Crippen LogP contribution is -2.46. The first-order chi connectivity index (χ1) is 16.0. The maximum absolute atomic E-state index is 11.5. The van der Waals surface area contributed by atoms with Crippen LogP contribution in [-0.4, -0.2) is 60.3 Å². The van der Waals surface area contributed by atoms with Gasteiger partial charge >= 0.3 is 0 Å². The Balaban J connectivity index is 1.20. The smallest absolute Gasteiger partial charge is 0.249 e. The van der Waals surface area contributed by atoms with E-state index in [0.717, 1.165) is 67.4 Å². The second kappa shape index (κ2) is 10.9. The Morgan fingerprint density at radius 1 is 1.06 bits per heavy atom. The number of nitrogens with one attached hydrogen (secondary N) is 1. The molecule has 0 bridgehead atoms. The zero-order valence-corrected chi connectivity index (χ0v) is 20.0. The molecule has 1 saturated heterocycles. The van der Waals surface area contributed by atoms with Crippen LogP contribution in [0.1, 0.15) is 26.7 Å². The number of nitrogens with zero attached hydrogens (tertiary/aromatic N) is 3. The first-order valence-electron chi connectivity index (χ1n) is 11.5. The number of H-pyrrole nitrogens is 1. The molecule has 3 aromatic rings. The van der Waals surface area contributed by atoms with Gasteiger partial charge in [0, 0.05) is 48.7 Å². The van der Waals surface area contributed by atoms with Crippen LogP contribution in [0.25, 0.3) is 11.0 Å². The molecule has 1 aliphatic heterocycles. The van der Waals surface area contributed by atoms with E-state index in [4.69, 9.17) is 21.1 Å². The molecular formula is C25H31ClN4O3. The molecule has 0 radical (unpaired) electrons. The number of aromatic amines is 1. The van der Waals surface area contributed by atoms with E-state index >= 15 is 0 Å². The van der Waals surface area contributed by atoms with Gasteiger partial charge in [-0.1, -0.05) is 11.6 Å². The predicted molar refractivity (Wildman–Crippen MR) is 133 cm³/mol. The van der Waals surface area contributed by atoms with Gasteiger partial charge in [-0.3, -0.25) is 9.69 Å². The minimum Gasteiger partial charge on any atom is -0.489 e. The van der Waals surface area contributed by atoms with E-state index in [1.807, 2.05) is 44.2 Å². The minimum absolute atomic E-state index is 0.125. The van der Waals surface area contributed by atoms with Gasteiger partial charge in [-0.2, -0.15) is 4.98 Å². The number of halogens is 1. The van der Waals surface area contributed by atoms with E-state index in [0.29, 0.717) is 18.1 Å². The number of pyridine rings is 2. The van der Waals surface area contributed by atoms with E-state index in [2.05, 4.69) is 19.8 Å². The van der Waals surface area contributed by atoms with Crippen LogP contribution in [-0.2, 0) is 0 Å². The van der Waals surface area contributed by atoms with Crippen LogP contribution in [0.2, 0.25) is 5.02 Å². The second-order valence-corrected chi connectivity index (χ2v) is 9.01. The summed E-state index contributed by atoms with van der Waals surface area (Å²) in [7, 11) is 0. The van der Waals surface area contributed by atoms with Crippen molar-refractivity contribution in [2.24, 2.45) is 0 Å². The molecular weight excluding hydrogens is 440 g/mol. The van der Waals surface area contributed by atoms with Crippen molar-refractivity contribution >= 4 is 28.3 Å². The molecule has 33 heavy (non-hydrogen) atoms. The van der Waals surface area contributed by atoms with Gasteiger partial charge in [-0.05, 0) is 63.6 Å². The zero-order chi connectivity index (χ0) is 23.2. The first-order valence-corrected chi connectivity index (χ1v) is 11.9. The largest absolute Gasteiger partial charge is 0.489 e. The molecule has 0 unspecified atom stereocenters. The highest BCUT2D eigenvalue weighted by atomic mass is 35.5. The Morgan fingerprint density at radius 2 is 1.85 bits per heavy atom. The average Bonchev–Trinajstić information content (AvgIpc) is 2.80.